The molecule has 41 heavy (non-hydrogen) atoms. The van der Waals surface area contributed by atoms with Crippen LogP contribution in [0, 0.1) is 18.8 Å². The van der Waals surface area contributed by atoms with E-state index in [2.05, 4.69) is 106 Å². The van der Waals surface area contributed by atoms with Crippen molar-refractivity contribution in [1.29, 1.82) is 0 Å². The van der Waals surface area contributed by atoms with E-state index in [0.29, 0.717) is 0 Å². The summed E-state index contributed by atoms with van der Waals surface area (Å²) in [6.07, 6.45) is 4.25. The Hall–Kier alpha value is -2.59. The monoisotopic (exact) mass is 737 g/mol. The number of hydrogen-bond donors (Lipinski definition) is 0. The fourth-order valence-electron chi connectivity index (χ4n) is 6.04. The summed E-state index contributed by atoms with van der Waals surface area (Å²) in [4.78, 5) is 11.8. The number of benzene rings is 3. The normalized spacial score (nSPS) is 17.3. The van der Waals surface area contributed by atoms with Crippen LogP contribution in [0.15, 0.2) is 82.7 Å². The first-order valence-corrected chi connectivity index (χ1v) is 15.0. The standard InChI is InChI=1S/C25H30N2S.C11H8N.Ir/c1-23(2,3)27-15-26-18-12-11-16-20(25(6,7)14-13-24(16,4)5)22(18)28-19-10-8-9-17(27)21(19)26;1-2-6-10(7-3-1)11-8-4-5-9-12-11;/h8-11,15H,13-14H2,1-7H3;1-6,8-9H;/q-2;-1;+3. The third kappa shape index (κ3) is 5.38. The number of aromatic nitrogens is 1. The van der Waals surface area contributed by atoms with Gasteiger partial charge >= 0.3 is 20.1 Å². The molecule has 0 unspecified atom stereocenters. The average Bonchev–Trinajstić information content (AvgIpc) is 3.34. The van der Waals surface area contributed by atoms with Gasteiger partial charge in [0.1, 0.15) is 0 Å². The maximum absolute atomic E-state index is 4.22. The molecule has 1 aromatic heterocycles. The van der Waals surface area contributed by atoms with Gasteiger partial charge in [0, 0.05) is 28.0 Å². The molecule has 0 saturated carbocycles. The summed E-state index contributed by atoms with van der Waals surface area (Å²) >= 11 is 1.95. The molecule has 3 aromatic carbocycles. The predicted octanol–water partition coefficient (Wildman–Crippen LogP) is 9.72. The van der Waals surface area contributed by atoms with Crippen LogP contribution in [0.5, 0.6) is 0 Å². The molecule has 5 heteroatoms. The van der Waals surface area contributed by atoms with E-state index < -0.39 is 0 Å². The van der Waals surface area contributed by atoms with Crippen LogP contribution in [0.4, 0.5) is 17.1 Å². The predicted molar refractivity (Wildman–Crippen MR) is 168 cm³/mol. The topological polar surface area (TPSA) is 19.4 Å². The molecule has 0 spiro atoms. The molecule has 212 valence electrons. The van der Waals surface area contributed by atoms with Gasteiger partial charge in [-0.15, -0.1) is 47.0 Å². The quantitative estimate of drug-likeness (QED) is 0.181. The molecule has 3 aliphatic rings. The number of para-hydroxylation sites is 1. The van der Waals surface area contributed by atoms with Crippen LogP contribution in [0.2, 0.25) is 0 Å². The maximum atomic E-state index is 4.22. The molecule has 0 amide bonds. The summed E-state index contributed by atoms with van der Waals surface area (Å²) < 4.78 is 0. The number of nitrogens with zero attached hydrogens (tertiary/aromatic N) is 3. The summed E-state index contributed by atoms with van der Waals surface area (Å²) in [7, 11) is 0. The van der Waals surface area contributed by atoms with E-state index in [1.807, 2.05) is 54.2 Å². The van der Waals surface area contributed by atoms with Crippen molar-refractivity contribution in [2.45, 2.75) is 87.5 Å². The van der Waals surface area contributed by atoms with Crippen molar-refractivity contribution >= 4 is 28.8 Å². The minimum Gasteiger partial charge on any atom is -0.497 e. The molecule has 1 aliphatic carbocycles. The van der Waals surface area contributed by atoms with Gasteiger partial charge in [-0.1, -0.05) is 68.3 Å². The molecule has 3 heterocycles. The molecular formula is C36H38IrN3S. The van der Waals surface area contributed by atoms with Crippen molar-refractivity contribution in [2.24, 2.45) is 0 Å². The summed E-state index contributed by atoms with van der Waals surface area (Å²) in [6, 6.07) is 29.5. The van der Waals surface area contributed by atoms with E-state index in [1.165, 1.54) is 45.3 Å². The Morgan fingerprint density at radius 2 is 1.66 bits per heavy atom. The zero-order valence-electron chi connectivity index (χ0n) is 25.0. The fourth-order valence-corrected chi connectivity index (χ4v) is 7.45. The third-order valence-corrected chi connectivity index (χ3v) is 9.53. The van der Waals surface area contributed by atoms with Gasteiger partial charge in [0.15, 0.2) is 0 Å². The zero-order chi connectivity index (χ0) is 28.3. The molecule has 0 atom stereocenters. The molecule has 0 fully saturated rings. The van der Waals surface area contributed by atoms with Crippen LogP contribution < -0.4 is 9.80 Å². The van der Waals surface area contributed by atoms with E-state index in [1.54, 1.807) is 11.8 Å². The SMILES string of the molecule is CC1(C)CCC(C)(C)c2c1c[c-]c1c2Sc2cccc3c2N1[CH-]N3C(C)(C)C.[Ir+3].[c-]1ccccc1-c1ccccn1. The van der Waals surface area contributed by atoms with Crippen molar-refractivity contribution < 1.29 is 20.1 Å². The van der Waals surface area contributed by atoms with Gasteiger partial charge in [0.2, 0.25) is 0 Å². The van der Waals surface area contributed by atoms with Crippen molar-refractivity contribution in [3.63, 3.8) is 0 Å². The van der Waals surface area contributed by atoms with Crippen molar-refractivity contribution in [3.05, 3.63) is 103 Å². The summed E-state index contributed by atoms with van der Waals surface area (Å²) in [5, 5.41) is 0. The van der Waals surface area contributed by atoms with E-state index in [4.69, 9.17) is 0 Å². The molecular weight excluding hydrogens is 699 g/mol. The van der Waals surface area contributed by atoms with Crippen molar-refractivity contribution in [3.8, 4) is 11.3 Å². The van der Waals surface area contributed by atoms with Gasteiger partial charge in [0.25, 0.3) is 0 Å². The summed E-state index contributed by atoms with van der Waals surface area (Å²) in [5.41, 5.74) is 9.32. The number of rotatable bonds is 1. The van der Waals surface area contributed by atoms with E-state index in [-0.39, 0.29) is 36.5 Å². The minimum atomic E-state index is 0. The number of anilines is 3. The first kappa shape index (κ1) is 29.9. The summed E-state index contributed by atoms with van der Waals surface area (Å²) in [6.45, 7) is 18.7. The Bertz CT molecular complexity index is 1500. The van der Waals surface area contributed by atoms with E-state index >= 15 is 0 Å². The first-order valence-electron chi connectivity index (χ1n) is 14.2. The van der Waals surface area contributed by atoms with Crippen LogP contribution in [0.1, 0.15) is 72.4 Å². The van der Waals surface area contributed by atoms with Gasteiger partial charge in [-0.05, 0) is 56.5 Å². The Kier molecular flexibility index (Phi) is 7.96. The number of hydrogen-bond acceptors (Lipinski definition) is 4. The largest absolute Gasteiger partial charge is 3.00 e. The number of fused-ring (bicyclic) bond motifs is 4. The van der Waals surface area contributed by atoms with Gasteiger partial charge in [-0.3, -0.25) is 0 Å². The smallest absolute Gasteiger partial charge is 0.497 e. The van der Waals surface area contributed by atoms with Crippen LogP contribution in [0.3, 0.4) is 0 Å². The van der Waals surface area contributed by atoms with Gasteiger partial charge < -0.3 is 14.8 Å². The molecule has 4 aromatic rings. The van der Waals surface area contributed by atoms with Crippen LogP contribution in [0.25, 0.3) is 11.3 Å². The van der Waals surface area contributed by atoms with Crippen LogP contribution in [-0.2, 0) is 30.9 Å². The van der Waals surface area contributed by atoms with E-state index in [9.17, 15) is 0 Å². The third-order valence-electron chi connectivity index (χ3n) is 8.38. The zero-order valence-corrected chi connectivity index (χ0v) is 28.2. The summed E-state index contributed by atoms with van der Waals surface area (Å²) in [5.74, 6) is 0. The van der Waals surface area contributed by atoms with Crippen molar-refractivity contribution in [2.75, 3.05) is 9.80 Å². The first-order chi connectivity index (χ1) is 19.0. The molecule has 0 bridgehead atoms. The Balaban J connectivity index is 0.000000218. The van der Waals surface area contributed by atoms with E-state index in [0.717, 1.165) is 11.3 Å². The molecule has 7 rings (SSSR count). The second-order valence-electron chi connectivity index (χ2n) is 13.3. The molecule has 0 N–H and O–H groups in total. The Labute approximate surface area is 264 Å². The van der Waals surface area contributed by atoms with Gasteiger partial charge in [-0.25, -0.2) is 0 Å². The van der Waals surface area contributed by atoms with Crippen molar-refractivity contribution in [1.82, 2.24) is 4.98 Å². The fraction of sp³-hybridized carbons (Fsp3) is 0.333. The minimum absolute atomic E-state index is 0. The van der Waals surface area contributed by atoms with Crippen LogP contribution in [-0.4, -0.2) is 10.5 Å². The molecule has 3 nitrogen and oxygen atoms in total. The maximum Gasteiger partial charge on any atom is 3.00 e. The molecule has 0 radical (unpaired) electrons. The molecule has 2 aliphatic heterocycles. The Morgan fingerprint density at radius 1 is 0.902 bits per heavy atom. The molecule has 0 saturated heterocycles. The van der Waals surface area contributed by atoms with Gasteiger partial charge in [0.05, 0.1) is 0 Å². The number of pyridine rings is 1. The second kappa shape index (κ2) is 10.9. The van der Waals surface area contributed by atoms with Gasteiger partial charge in [-0.2, -0.15) is 30.6 Å². The second-order valence-corrected chi connectivity index (χ2v) is 14.3. The average molecular weight is 737 g/mol. The Morgan fingerprint density at radius 3 is 2.34 bits per heavy atom. The van der Waals surface area contributed by atoms with Crippen LogP contribution >= 0.6 is 11.8 Å².